The average Bonchev–Trinajstić information content (AvgIpc) is 2.38. The third kappa shape index (κ3) is 3.10. The molecule has 0 radical (unpaired) electrons. The lowest BCUT2D eigenvalue weighted by Gasteiger charge is -2.19. The van der Waals surface area contributed by atoms with Gasteiger partial charge >= 0.3 is 0 Å². The van der Waals surface area contributed by atoms with Crippen molar-refractivity contribution in [3.8, 4) is 0 Å². The standard InChI is InChI=1S/C13H22N2O2S/c1-4-8-15(3)18(16,17)13-9-11(10-14)6-7-12(13)5-2/h6-7,9H,4-5,8,10,14H2,1-3H3. The summed E-state index contributed by atoms with van der Waals surface area (Å²) in [6.45, 7) is 4.79. The Morgan fingerprint density at radius 1 is 1.28 bits per heavy atom. The summed E-state index contributed by atoms with van der Waals surface area (Å²) >= 11 is 0. The molecule has 0 bridgehead atoms. The molecular formula is C13H22N2O2S. The molecule has 0 saturated heterocycles. The molecule has 0 aliphatic carbocycles. The molecule has 0 spiro atoms. The summed E-state index contributed by atoms with van der Waals surface area (Å²) in [5, 5.41) is 0. The van der Waals surface area contributed by atoms with E-state index in [2.05, 4.69) is 0 Å². The zero-order valence-corrected chi connectivity index (χ0v) is 12.1. The summed E-state index contributed by atoms with van der Waals surface area (Å²) < 4.78 is 26.3. The van der Waals surface area contributed by atoms with E-state index in [1.54, 1.807) is 13.1 Å². The first-order chi connectivity index (χ1) is 8.47. The molecule has 0 atom stereocenters. The minimum absolute atomic E-state index is 0.351. The Labute approximate surface area is 110 Å². The maximum atomic E-state index is 12.5. The van der Waals surface area contributed by atoms with Gasteiger partial charge in [-0.1, -0.05) is 26.0 Å². The van der Waals surface area contributed by atoms with Gasteiger partial charge in [0.05, 0.1) is 4.90 Å². The van der Waals surface area contributed by atoms with Crippen LogP contribution in [0.25, 0.3) is 0 Å². The Morgan fingerprint density at radius 2 is 1.94 bits per heavy atom. The highest BCUT2D eigenvalue weighted by atomic mass is 32.2. The summed E-state index contributed by atoms with van der Waals surface area (Å²) in [5.74, 6) is 0. The summed E-state index contributed by atoms with van der Waals surface area (Å²) in [5.41, 5.74) is 7.27. The minimum Gasteiger partial charge on any atom is -0.326 e. The predicted octanol–water partition coefficient (Wildman–Crippen LogP) is 1.74. The minimum atomic E-state index is -3.40. The number of aryl methyl sites for hydroxylation is 1. The van der Waals surface area contributed by atoms with E-state index in [4.69, 9.17) is 5.73 Å². The van der Waals surface area contributed by atoms with E-state index in [0.717, 1.165) is 17.5 Å². The fourth-order valence-corrected chi connectivity index (χ4v) is 3.46. The number of nitrogens with two attached hydrogens (primary N) is 1. The number of rotatable bonds is 6. The highest BCUT2D eigenvalue weighted by molar-refractivity contribution is 7.89. The molecule has 1 aromatic rings. The zero-order valence-electron chi connectivity index (χ0n) is 11.3. The van der Waals surface area contributed by atoms with Crippen molar-refractivity contribution in [3.63, 3.8) is 0 Å². The smallest absolute Gasteiger partial charge is 0.243 e. The van der Waals surface area contributed by atoms with Gasteiger partial charge < -0.3 is 5.73 Å². The van der Waals surface area contributed by atoms with Crippen molar-refractivity contribution < 1.29 is 8.42 Å². The normalized spacial score (nSPS) is 12.1. The van der Waals surface area contributed by atoms with E-state index in [-0.39, 0.29) is 0 Å². The molecule has 0 heterocycles. The average molecular weight is 270 g/mol. The van der Waals surface area contributed by atoms with Crippen LogP contribution in [0.2, 0.25) is 0 Å². The molecule has 0 unspecified atom stereocenters. The lowest BCUT2D eigenvalue weighted by atomic mass is 10.1. The Kier molecular flexibility index (Phi) is 5.31. The van der Waals surface area contributed by atoms with Gasteiger partial charge in [0.25, 0.3) is 0 Å². The van der Waals surface area contributed by atoms with Crippen LogP contribution in [0.3, 0.4) is 0 Å². The number of hydrogen-bond acceptors (Lipinski definition) is 3. The molecule has 2 N–H and O–H groups in total. The van der Waals surface area contributed by atoms with Gasteiger partial charge in [0.1, 0.15) is 0 Å². The highest BCUT2D eigenvalue weighted by Crippen LogP contribution is 2.21. The molecule has 0 aliphatic heterocycles. The molecular weight excluding hydrogens is 248 g/mol. The molecule has 0 amide bonds. The van der Waals surface area contributed by atoms with Crippen molar-refractivity contribution in [2.75, 3.05) is 13.6 Å². The third-order valence-corrected chi connectivity index (χ3v) is 4.91. The molecule has 1 rings (SSSR count). The van der Waals surface area contributed by atoms with Gasteiger partial charge in [-0.25, -0.2) is 12.7 Å². The van der Waals surface area contributed by atoms with Crippen LogP contribution in [0.5, 0.6) is 0 Å². The molecule has 0 fully saturated rings. The predicted molar refractivity (Wildman–Crippen MR) is 73.8 cm³/mol. The van der Waals surface area contributed by atoms with Crippen LogP contribution in [0.4, 0.5) is 0 Å². The largest absolute Gasteiger partial charge is 0.326 e. The second-order valence-electron chi connectivity index (χ2n) is 4.33. The van der Waals surface area contributed by atoms with Gasteiger partial charge in [-0.2, -0.15) is 0 Å². The van der Waals surface area contributed by atoms with E-state index in [1.165, 1.54) is 4.31 Å². The fourth-order valence-electron chi connectivity index (χ4n) is 1.86. The van der Waals surface area contributed by atoms with Crippen LogP contribution in [0.15, 0.2) is 23.1 Å². The first-order valence-electron chi connectivity index (χ1n) is 6.25. The SMILES string of the molecule is CCCN(C)S(=O)(=O)c1cc(CN)ccc1CC. The van der Waals surface area contributed by atoms with Crippen LogP contribution >= 0.6 is 0 Å². The lowest BCUT2D eigenvalue weighted by molar-refractivity contribution is 0.467. The van der Waals surface area contributed by atoms with Gasteiger partial charge in [-0.15, -0.1) is 0 Å². The zero-order chi connectivity index (χ0) is 13.8. The van der Waals surface area contributed by atoms with Crippen LogP contribution in [-0.4, -0.2) is 26.3 Å². The summed E-state index contributed by atoms with van der Waals surface area (Å²) in [6, 6.07) is 5.44. The molecule has 18 heavy (non-hydrogen) atoms. The topological polar surface area (TPSA) is 63.4 Å². The molecule has 5 heteroatoms. The monoisotopic (exact) mass is 270 g/mol. The van der Waals surface area contributed by atoms with Gasteiger partial charge in [0.15, 0.2) is 0 Å². The molecule has 0 saturated carbocycles. The maximum Gasteiger partial charge on any atom is 0.243 e. The fraction of sp³-hybridized carbons (Fsp3) is 0.538. The maximum absolute atomic E-state index is 12.5. The second kappa shape index (κ2) is 6.31. The molecule has 0 aliphatic rings. The summed E-state index contributed by atoms with van der Waals surface area (Å²) in [4.78, 5) is 0.393. The van der Waals surface area contributed by atoms with Crippen molar-refractivity contribution in [2.45, 2.75) is 38.1 Å². The Morgan fingerprint density at radius 3 is 2.44 bits per heavy atom. The number of benzene rings is 1. The second-order valence-corrected chi connectivity index (χ2v) is 6.34. The number of hydrogen-bond donors (Lipinski definition) is 1. The summed E-state index contributed by atoms with van der Waals surface area (Å²) in [7, 11) is -1.78. The van der Waals surface area contributed by atoms with Gasteiger partial charge in [0.2, 0.25) is 10.0 Å². The van der Waals surface area contributed by atoms with E-state index in [9.17, 15) is 8.42 Å². The number of nitrogens with zero attached hydrogens (tertiary/aromatic N) is 1. The van der Waals surface area contributed by atoms with Crippen LogP contribution < -0.4 is 5.73 Å². The molecule has 4 nitrogen and oxygen atoms in total. The Bertz CT molecular complexity index is 498. The van der Waals surface area contributed by atoms with E-state index >= 15 is 0 Å². The first kappa shape index (κ1) is 15.1. The first-order valence-corrected chi connectivity index (χ1v) is 7.69. The quantitative estimate of drug-likeness (QED) is 0.856. The molecule has 0 aromatic heterocycles. The van der Waals surface area contributed by atoms with Gasteiger partial charge in [-0.3, -0.25) is 0 Å². The van der Waals surface area contributed by atoms with Crippen LogP contribution in [0, 0.1) is 0 Å². The van der Waals surface area contributed by atoms with Crippen molar-refractivity contribution in [2.24, 2.45) is 5.73 Å². The molecule has 1 aromatic carbocycles. The number of sulfonamides is 1. The van der Waals surface area contributed by atoms with Crippen molar-refractivity contribution in [3.05, 3.63) is 29.3 Å². The van der Waals surface area contributed by atoms with Crippen LogP contribution in [-0.2, 0) is 23.0 Å². The van der Waals surface area contributed by atoms with E-state index in [0.29, 0.717) is 24.4 Å². The Balaban J connectivity index is 3.29. The highest BCUT2D eigenvalue weighted by Gasteiger charge is 2.22. The lowest BCUT2D eigenvalue weighted by Crippen LogP contribution is -2.28. The van der Waals surface area contributed by atoms with Crippen molar-refractivity contribution >= 4 is 10.0 Å². The Hall–Kier alpha value is -0.910. The summed E-state index contributed by atoms with van der Waals surface area (Å²) in [6.07, 6.45) is 1.49. The van der Waals surface area contributed by atoms with Crippen molar-refractivity contribution in [1.29, 1.82) is 0 Å². The van der Waals surface area contributed by atoms with E-state index < -0.39 is 10.0 Å². The van der Waals surface area contributed by atoms with Gasteiger partial charge in [0, 0.05) is 20.1 Å². The van der Waals surface area contributed by atoms with Crippen molar-refractivity contribution in [1.82, 2.24) is 4.31 Å². The van der Waals surface area contributed by atoms with E-state index in [1.807, 2.05) is 26.0 Å². The third-order valence-electron chi connectivity index (χ3n) is 2.97. The molecule has 102 valence electrons. The van der Waals surface area contributed by atoms with Crippen LogP contribution in [0.1, 0.15) is 31.4 Å². The van der Waals surface area contributed by atoms with Gasteiger partial charge in [-0.05, 0) is 30.0 Å².